The van der Waals surface area contributed by atoms with Gasteiger partial charge in [0, 0.05) is 12.7 Å². The van der Waals surface area contributed by atoms with Crippen molar-refractivity contribution in [2.75, 3.05) is 12.3 Å². The highest BCUT2D eigenvalue weighted by atomic mass is 32.2. The van der Waals surface area contributed by atoms with Crippen LogP contribution in [-0.4, -0.2) is 46.5 Å². The largest absolute Gasteiger partial charge is 0.480 e. The van der Waals surface area contributed by atoms with Crippen LogP contribution in [0.5, 0.6) is 0 Å². The molecule has 1 atom stereocenters. The van der Waals surface area contributed by atoms with Gasteiger partial charge >= 0.3 is 5.97 Å². The molecule has 0 aromatic carbocycles. The van der Waals surface area contributed by atoms with Crippen molar-refractivity contribution >= 4 is 29.5 Å². The molecule has 0 saturated heterocycles. The van der Waals surface area contributed by atoms with Crippen LogP contribution in [-0.2, 0) is 14.4 Å². The van der Waals surface area contributed by atoms with Crippen molar-refractivity contribution in [1.29, 1.82) is 0 Å². The van der Waals surface area contributed by atoms with Gasteiger partial charge in [0.15, 0.2) is 0 Å². The molecule has 0 aromatic rings. The number of carboxylic acids is 1. The second-order valence-electron chi connectivity index (χ2n) is 3.75. The highest BCUT2D eigenvalue weighted by Crippen LogP contribution is 2.10. The monoisotopic (exact) mass is 262 g/mol. The van der Waals surface area contributed by atoms with E-state index in [0.29, 0.717) is 11.0 Å². The van der Waals surface area contributed by atoms with Crippen molar-refractivity contribution < 1.29 is 19.5 Å². The normalized spacial score (nSPS) is 12.0. The molecule has 98 valence electrons. The number of amides is 2. The Morgan fingerprint density at radius 1 is 1.29 bits per heavy atom. The van der Waals surface area contributed by atoms with Crippen LogP contribution in [0.15, 0.2) is 0 Å². The van der Waals surface area contributed by atoms with Gasteiger partial charge in [0.25, 0.3) is 0 Å². The maximum atomic E-state index is 11.6. The van der Waals surface area contributed by atoms with Crippen LogP contribution in [0.3, 0.4) is 0 Å². The summed E-state index contributed by atoms with van der Waals surface area (Å²) < 4.78 is 0. The minimum absolute atomic E-state index is 0.315. The number of carbonyl (C=O) groups is 3. The third-order valence-corrected chi connectivity index (χ3v) is 2.90. The number of rotatable bonds is 7. The van der Waals surface area contributed by atoms with Crippen LogP contribution >= 0.6 is 11.8 Å². The molecular weight excluding hydrogens is 244 g/mol. The van der Waals surface area contributed by atoms with E-state index in [4.69, 9.17) is 5.11 Å². The molecule has 3 N–H and O–H groups in total. The Bertz CT molecular complexity index is 294. The van der Waals surface area contributed by atoms with Crippen molar-refractivity contribution in [1.82, 2.24) is 10.6 Å². The number of thioether (sulfide) groups is 1. The fraction of sp³-hybridized carbons (Fsp3) is 0.700. The Morgan fingerprint density at radius 2 is 1.88 bits per heavy atom. The summed E-state index contributed by atoms with van der Waals surface area (Å²) in [4.78, 5) is 32.8. The van der Waals surface area contributed by atoms with Crippen molar-refractivity contribution in [2.45, 2.75) is 32.1 Å². The van der Waals surface area contributed by atoms with Crippen LogP contribution in [0, 0.1) is 0 Å². The molecule has 0 aromatic heterocycles. The SMILES string of the molecule is CC(=O)N[C@@H](CSC(C)C)C(=O)NCC(=O)O. The lowest BCUT2D eigenvalue weighted by Gasteiger charge is -2.17. The van der Waals surface area contributed by atoms with Gasteiger partial charge in [-0.15, -0.1) is 0 Å². The van der Waals surface area contributed by atoms with Gasteiger partial charge in [-0.1, -0.05) is 13.8 Å². The molecule has 0 bridgehead atoms. The van der Waals surface area contributed by atoms with Crippen molar-refractivity contribution in [3.63, 3.8) is 0 Å². The average Bonchev–Trinajstić information content (AvgIpc) is 2.19. The minimum atomic E-state index is -1.11. The summed E-state index contributed by atoms with van der Waals surface area (Å²) in [6.45, 7) is 4.83. The molecule has 0 aliphatic heterocycles. The van der Waals surface area contributed by atoms with E-state index in [2.05, 4.69) is 10.6 Å². The van der Waals surface area contributed by atoms with Gasteiger partial charge in [-0.2, -0.15) is 11.8 Å². The zero-order chi connectivity index (χ0) is 13.4. The highest BCUT2D eigenvalue weighted by molar-refractivity contribution is 7.99. The van der Waals surface area contributed by atoms with E-state index < -0.39 is 24.5 Å². The molecule has 0 fully saturated rings. The Balaban J connectivity index is 4.28. The fourth-order valence-corrected chi connectivity index (χ4v) is 1.81. The Hall–Kier alpha value is -1.24. The zero-order valence-electron chi connectivity index (χ0n) is 10.1. The first kappa shape index (κ1) is 15.8. The smallest absolute Gasteiger partial charge is 0.322 e. The Morgan fingerprint density at radius 3 is 2.29 bits per heavy atom. The third-order valence-electron chi connectivity index (χ3n) is 1.70. The number of nitrogens with one attached hydrogen (secondary N) is 2. The van der Waals surface area contributed by atoms with Crippen molar-refractivity contribution in [3.05, 3.63) is 0 Å². The van der Waals surface area contributed by atoms with Gasteiger partial charge in [-0.3, -0.25) is 14.4 Å². The van der Waals surface area contributed by atoms with E-state index in [9.17, 15) is 14.4 Å². The van der Waals surface area contributed by atoms with Crippen molar-refractivity contribution in [3.8, 4) is 0 Å². The summed E-state index contributed by atoms with van der Waals surface area (Å²) in [5.74, 6) is -1.49. The lowest BCUT2D eigenvalue weighted by Crippen LogP contribution is -2.48. The Kier molecular flexibility index (Phi) is 7.36. The second-order valence-corrected chi connectivity index (χ2v) is 5.36. The topological polar surface area (TPSA) is 95.5 Å². The first-order valence-electron chi connectivity index (χ1n) is 5.21. The number of aliphatic carboxylic acids is 1. The van der Waals surface area contributed by atoms with Gasteiger partial charge in [0.1, 0.15) is 12.6 Å². The van der Waals surface area contributed by atoms with Gasteiger partial charge < -0.3 is 15.7 Å². The van der Waals surface area contributed by atoms with E-state index in [1.54, 1.807) is 0 Å². The highest BCUT2D eigenvalue weighted by Gasteiger charge is 2.20. The molecule has 6 nitrogen and oxygen atoms in total. The molecule has 0 radical (unpaired) electrons. The summed E-state index contributed by atoms with van der Waals surface area (Å²) in [5, 5.41) is 13.5. The summed E-state index contributed by atoms with van der Waals surface area (Å²) in [6, 6.07) is -0.695. The summed E-state index contributed by atoms with van der Waals surface area (Å²) in [5.41, 5.74) is 0. The summed E-state index contributed by atoms with van der Waals surface area (Å²) >= 11 is 1.52. The molecule has 0 unspecified atom stereocenters. The van der Waals surface area contributed by atoms with Crippen LogP contribution in [0.2, 0.25) is 0 Å². The molecule has 0 aliphatic rings. The van der Waals surface area contributed by atoms with Gasteiger partial charge in [-0.05, 0) is 5.25 Å². The number of hydrogen-bond acceptors (Lipinski definition) is 4. The molecule has 7 heteroatoms. The molecule has 0 saturated carbocycles. The third kappa shape index (κ3) is 8.56. The number of carbonyl (C=O) groups excluding carboxylic acids is 2. The summed E-state index contributed by atoms with van der Waals surface area (Å²) in [7, 11) is 0. The predicted molar refractivity (Wildman–Crippen MR) is 65.8 cm³/mol. The molecule has 0 heterocycles. The lowest BCUT2D eigenvalue weighted by atomic mass is 10.3. The predicted octanol–water partition coefficient (Wildman–Crippen LogP) is -0.166. The molecule has 0 spiro atoms. The van der Waals surface area contributed by atoms with E-state index in [1.165, 1.54) is 18.7 Å². The van der Waals surface area contributed by atoms with Crippen LogP contribution < -0.4 is 10.6 Å². The number of hydrogen-bond donors (Lipinski definition) is 3. The molecule has 2 amide bonds. The fourth-order valence-electron chi connectivity index (χ4n) is 1.00. The van der Waals surface area contributed by atoms with Crippen molar-refractivity contribution in [2.24, 2.45) is 0 Å². The molecular formula is C10H18N2O4S. The van der Waals surface area contributed by atoms with Crippen LogP contribution in [0.4, 0.5) is 0 Å². The first-order chi connectivity index (χ1) is 7.82. The standard InChI is InChI=1S/C10H18N2O4S/c1-6(2)17-5-8(12-7(3)13)10(16)11-4-9(14)15/h6,8H,4-5H2,1-3H3,(H,11,16)(H,12,13)(H,14,15)/t8-/m0/s1. The number of carboxylic acid groups (broad SMARTS) is 1. The van der Waals surface area contributed by atoms with E-state index in [1.807, 2.05) is 13.8 Å². The van der Waals surface area contributed by atoms with Gasteiger partial charge in [0.2, 0.25) is 11.8 Å². The quantitative estimate of drug-likeness (QED) is 0.592. The Labute approximate surface area is 105 Å². The summed E-state index contributed by atoms with van der Waals surface area (Å²) in [6.07, 6.45) is 0. The second kappa shape index (κ2) is 7.94. The average molecular weight is 262 g/mol. The molecule has 17 heavy (non-hydrogen) atoms. The molecule has 0 rings (SSSR count). The van der Waals surface area contributed by atoms with Gasteiger partial charge in [0.05, 0.1) is 0 Å². The molecule has 0 aliphatic carbocycles. The van der Waals surface area contributed by atoms with Crippen LogP contribution in [0.1, 0.15) is 20.8 Å². The zero-order valence-corrected chi connectivity index (χ0v) is 11.0. The lowest BCUT2D eigenvalue weighted by molar-refractivity contribution is -0.138. The first-order valence-corrected chi connectivity index (χ1v) is 6.26. The maximum Gasteiger partial charge on any atom is 0.322 e. The van der Waals surface area contributed by atoms with Gasteiger partial charge in [-0.25, -0.2) is 0 Å². The van der Waals surface area contributed by atoms with E-state index >= 15 is 0 Å². The van der Waals surface area contributed by atoms with E-state index in [-0.39, 0.29) is 5.91 Å². The van der Waals surface area contributed by atoms with E-state index in [0.717, 1.165) is 0 Å². The maximum absolute atomic E-state index is 11.6. The van der Waals surface area contributed by atoms with Crippen LogP contribution in [0.25, 0.3) is 0 Å². The minimum Gasteiger partial charge on any atom is -0.480 e.